The molecule has 0 aliphatic carbocycles. The molecule has 2 rings (SSSR count). The van der Waals surface area contributed by atoms with Crippen LogP contribution in [0.1, 0.15) is 24.0 Å². The minimum Gasteiger partial charge on any atom is -0.491 e. The number of aliphatic hydroxyl groups excluding tert-OH is 2. The molecule has 1 heterocycles. The minimum atomic E-state index is -0.495. The number of aryl methyl sites for hydroxylation is 2. The van der Waals surface area contributed by atoms with E-state index in [9.17, 15) is 10.2 Å². The molecule has 1 aliphatic heterocycles. The van der Waals surface area contributed by atoms with Gasteiger partial charge in [0.05, 0.1) is 6.10 Å². The normalized spacial score (nSPS) is 19.0. The number of ether oxygens (including phenoxy) is 1. The Bertz CT molecular complexity index is 428. The predicted octanol–water partition coefficient (Wildman–Crippen LogP) is 1.50. The number of hydrogen-bond acceptors (Lipinski definition) is 4. The third kappa shape index (κ3) is 4.47. The van der Waals surface area contributed by atoms with Crippen LogP contribution < -0.4 is 4.74 Å². The molecule has 1 saturated heterocycles. The van der Waals surface area contributed by atoms with E-state index in [4.69, 9.17) is 4.74 Å². The Morgan fingerprint density at radius 3 is 2.70 bits per heavy atom. The molecule has 0 saturated carbocycles. The van der Waals surface area contributed by atoms with Gasteiger partial charge in [-0.05, 0) is 43.9 Å². The lowest BCUT2D eigenvalue weighted by molar-refractivity contribution is 0.0336. The van der Waals surface area contributed by atoms with Gasteiger partial charge in [-0.2, -0.15) is 0 Å². The van der Waals surface area contributed by atoms with Crippen molar-refractivity contribution in [2.75, 3.05) is 26.2 Å². The standard InChI is InChI=1S/C16H25NO3/c1-12-3-4-13(2)16(9-12)20-11-15(19)10-17-7-5-14(18)6-8-17/h3-4,9,14-15,18-19H,5-8,10-11H2,1-2H3/t15-/m1/s1. The maximum absolute atomic E-state index is 10.1. The van der Waals surface area contributed by atoms with E-state index in [1.807, 2.05) is 26.0 Å². The molecule has 4 nitrogen and oxygen atoms in total. The molecule has 0 aromatic heterocycles. The van der Waals surface area contributed by atoms with Gasteiger partial charge in [0.1, 0.15) is 18.5 Å². The fraction of sp³-hybridized carbons (Fsp3) is 0.625. The van der Waals surface area contributed by atoms with Gasteiger partial charge in [0.15, 0.2) is 0 Å². The van der Waals surface area contributed by atoms with Crippen LogP contribution in [0.5, 0.6) is 5.75 Å². The summed E-state index contributed by atoms with van der Waals surface area (Å²) in [6.07, 6.45) is 0.925. The maximum Gasteiger partial charge on any atom is 0.122 e. The van der Waals surface area contributed by atoms with Gasteiger partial charge in [0.2, 0.25) is 0 Å². The molecule has 20 heavy (non-hydrogen) atoms. The average Bonchev–Trinajstić information content (AvgIpc) is 2.42. The second kappa shape index (κ2) is 7.07. The zero-order chi connectivity index (χ0) is 14.5. The van der Waals surface area contributed by atoms with Gasteiger partial charge in [-0.15, -0.1) is 0 Å². The first-order valence-corrected chi connectivity index (χ1v) is 7.33. The Morgan fingerprint density at radius 1 is 1.30 bits per heavy atom. The van der Waals surface area contributed by atoms with Crippen molar-refractivity contribution in [2.24, 2.45) is 0 Å². The van der Waals surface area contributed by atoms with Crippen LogP contribution in [0.15, 0.2) is 18.2 Å². The highest BCUT2D eigenvalue weighted by molar-refractivity contribution is 5.35. The maximum atomic E-state index is 10.1. The molecule has 1 fully saturated rings. The van der Waals surface area contributed by atoms with Crippen LogP contribution in [0.3, 0.4) is 0 Å². The third-order valence-corrected chi connectivity index (χ3v) is 3.80. The second-order valence-electron chi connectivity index (χ2n) is 5.77. The van der Waals surface area contributed by atoms with Gasteiger partial charge in [0, 0.05) is 19.6 Å². The first-order chi connectivity index (χ1) is 9.54. The average molecular weight is 279 g/mol. The molecular weight excluding hydrogens is 254 g/mol. The van der Waals surface area contributed by atoms with Crippen molar-refractivity contribution in [2.45, 2.75) is 38.9 Å². The molecule has 112 valence electrons. The number of hydrogen-bond donors (Lipinski definition) is 2. The Hall–Kier alpha value is -1.10. The third-order valence-electron chi connectivity index (χ3n) is 3.80. The lowest BCUT2D eigenvalue weighted by Gasteiger charge is -2.30. The fourth-order valence-electron chi connectivity index (χ4n) is 2.50. The highest BCUT2D eigenvalue weighted by atomic mass is 16.5. The van der Waals surface area contributed by atoms with E-state index in [0.29, 0.717) is 13.2 Å². The zero-order valence-corrected chi connectivity index (χ0v) is 12.4. The van der Waals surface area contributed by atoms with Crippen LogP contribution in [0.4, 0.5) is 0 Å². The molecule has 1 aromatic carbocycles. The largest absolute Gasteiger partial charge is 0.491 e. The highest BCUT2D eigenvalue weighted by Gasteiger charge is 2.19. The summed E-state index contributed by atoms with van der Waals surface area (Å²) in [6.45, 7) is 6.65. The lowest BCUT2D eigenvalue weighted by atomic mass is 10.1. The SMILES string of the molecule is Cc1ccc(C)c(OC[C@H](O)CN2CCC(O)CC2)c1. The van der Waals surface area contributed by atoms with Crippen molar-refractivity contribution >= 4 is 0 Å². The zero-order valence-electron chi connectivity index (χ0n) is 12.4. The molecule has 0 bridgehead atoms. The molecule has 1 aliphatic rings. The summed E-state index contributed by atoms with van der Waals surface area (Å²) >= 11 is 0. The Morgan fingerprint density at radius 2 is 2.00 bits per heavy atom. The molecule has 1 aromatic rings. The monoisotopic (exact) mass is 279 g/mol. The van der Waals surface area contributed by atoms with E-state index >= 15 is 0 Å². The van der Waals surface area contributed by atoms with Crippen LogP contribution >= 0.6 is 0 Å². The van der Waals surface area contributed by atoms with E-state index in [-0.39, 0.29) is 6.10 Å². The number of aliphatic hydroxyl groups is 2. The molecule has 0 spiro atoms. The summed E-state index contributed by atoms with van der Waals surface area (Å²) in [5, 5.41) is 19.5. The summed E-state index contributed by atoms with van der Waals surface area (Å²) in [6, 6.07) is 6.08. The van der Waals surface area contributed by atoms with Gasteiger partial charge in [-0.3, -0.25) is 0 Å². The first-order valence-electron chi connectivity index (χ1n) is 7.33. The lowest BCUT2D eigenvalue weighted by Crippen LogP contribution is -2.41. The van der Waals surface area contributed by atoms with Crippen molar-refractivity contribution in [3.8, 4) is 5.75 Å². The number of β-amino-alcohol motifs (C(OH)–C–C–N with tert-alkyl or cyclic N) is 1. The van der Waals surface area contributed by atoms with Crippen LogP contribution in [-0.2, 0) is 0 Å². The van der Waals surface area contributed by atoms with Crippen molar-refractivity contribution in [3.05, 3.63) is 29.3 Å². The Labute approximate surface area is 121 Å². The Kier molecular flexibility index (Phi) is 5.40. The van der Waals surface area contributed by atoms with E-state index in [0.717, 1.165) is 42.8 Å². The van der Waals surface area contributed by atoms with E-state index in [1.165, 1.54) is 0 Å². The van der Waals surface area contributed by atoms with Gasteiger partial charge in [-0.1, -0.05) is 12.1 Å². The summed E-state index contributed by atoms with van der Waals surface area (Å²) in [7, 11) is 0. The molecule has 0 amide bonds. The smallest absolute Gasteiger partial charge is 0.122 e. The number of nitrogens with zero attached hydrogens (tertiary/aromatic N) is 1. The van der Waals surface area contributed by atoms with Gasteiger partial charge < -0.3 is 19.8 Å². The fourth-order valence-corrected chi connectivity index (χ4v) is 2.50. The van der Waals surface area contributed by atoms with Crippen LogP contribution in [0, 0.1) is 13.8 Å². The Balaban J connectivity index is 1.77. The number of rotatable bonds is 5. The summed E-state index contributed by atoms with van der Waals surface area (Å²) in [5.41, 5.74) is 2.24. The predicted molar refractivity (Wildman–Crippen MR) is 79.1 cm³/mol. The first kappa shape index (κ1) is 15.3. The summed E-state index contributed by atoms with van der Waals surface area (Å²) < 4.78 is 5.72. The van der Waals surface area contributed by atoms with Crippen LogP contribution in [0.25, 0.3) is 0 Å². The van der Waals surface area contributed by atoms with Crippen LogP contribution in [-0.4, -0.2) is 53.6 Å². The number of likely N-dealkylation sites (tertiary alicyclic amines) is 1. The second-order valence-corrected chi connectivity index (χ2v) is 5.77. The van der Waals surface area contributed by atoms with Gasteiger partial charge in [-0.25, -0.2) is 0 Å². The minimum absolute atomic E-state index is 0.172. The van der Waals surface area contributed by atoms with Crippen molar-refractivity contribution in [3.63, 3.8) is 0 Å². The topological polar surface area (TPSA) is 52.9 Å². The number of piperidine rings is 1. The van der Waals surface area contributed by atoms with E-state index < -0.39 is 6.10 Å². The molecule has 2 N–H and O–H groups in total. The van der Waals surface area contributed by atoms with E-state index in [2.05, 4.69) is 11.0 Å². The number of benzene rings is 1. The summed E-state index contributed by atoms with van der Waals surface area (Å²) in [5.74, 6) is 0.845. The molecule has 0 radical (unpaired) electrons. The van der Waals surface area contributed by atoms with Crippen molar-refractivity contribution in [1.82, 2.24) is 4.90 Å². The molecule has 0 unspecified atom stereocenters. The van der Waals surface area contributed by atoms with Crippen molar-refractivity contribution < 1.29 is 14.9 Å². The van der Waals surface area contributed by atoms with E-state index in [1.54, 1.807) is 0 Å². The van der Waals surface area contributed by atoms with Gasteiger partial charge >= 0.3 is 0 Å². The summed E-state index contributed by atoms with van der Waals surface area (Å²) in [4.78, 5) is 2.18. The quantitative estimate of drug-likeness (QED) is 0.857. The highest BCUT2D eigenvalue weighted by Crippen LogP contribution is 2.19. The van der Waals surface area contributed by atoms with Crippen LogP contribution in [0.2, 0.25) is 0 Å². The molecular formula is C16H25NO3. The molecule has 4 heteroatoms. The molecule has 1 atom stereocenters. The van der Waals surface area contributed by atoms with Crippen molar-refractivity contribution in [1.29, 1.82) is 0 Å². The van der Waals surface area contributed by atoms with Gasteiger partial charge in [0.25, 0.3) is 0 Å².